The zero-order valence-corrected chi connectivity index (χ0v) is 21.1. The van der Waals surface area contributed by atoms with Gasteiger partial charge in [-0.3, -0.25) is 9.69 Å². The van der Waals surface area contributed by atoms with Gasteiger partial charge in [-0.2, -0.15) is 0 Å². The summed E-state index contributed by atoms with van der Waals surface area (Å²) >= 11 is 0. The zero-order valence-electron chi connectivity index (χ0n) is 21.1. The molecule has 1 aromatic carbocycles. The average Bonchev–Trinajstić information content (AvgIpc) is 3.22. The largest absolute Gasteiger partial charge is 0.352 e. The minimum absolute atomic E-state index is 0.0453. The van der Waals surface area contributed by atoms with Gasteiger partial charge in [-0.1, -0.05) is 19.9 Å². The Hall–Kier alpha value is -3.07. The summed E-state index contributed by atoms with van der Waals surface area (Å²) in [4.78, 5) is 27.3. The molecule has 0 atom stereocenters. The first-order valence-corrected chi connectivity index (χ1v) is 13.0. The number of hydrogen-bond acceptors (Lipinski definition) is 5. The first-order chi connectivity index (χ1) is 17.4. The number of nitrogens with one attached hydrogen (secondary N) is 1. The van der Waals surface area contributed by atoms with Gasteiger partial charge in [0.1, 0.15) is 5.52 Å². The predicted octanol–water partition coefficient (Wildman–Crippen LogP) is 3.80. The summed E-state index contributed by atoms with van der Waals surface area (Å²) in [6.45, 7) is 9.69. The number of halogens is 2. The Kier molecular flexibility index (Phi) is 7.18. The minimum Gasteiger partial charge on any atom is -0.352 e. The molecule has 4 heterocycles. The summed E-state index contributed by atoms with van der Waals surface area (Å²) in [7, 11) is 0. The molecule has 0 saturated carbocycles. The van der Waals surface area contributed by atoms with E-state index in [4.69, 9.17) is 4.98 Å². The molecule has 1 fully saturated rings. The summed E-state index contributed by atoms with van der Waals surface area (Å²) in [5.41, 5.74) is 4.27. The number of anilines is 1. The molecule has 0 bridgehead atoms. The zero-order chi connectivity index (χ0) is 25.2. The molecule has 5 rings (SSSR count). The van der Waals surface area contributed by atoms with Crippen molar-refractivity contribution in [3.63, 3.8) is 0 Å². The predicted molar refractivity (Wildman–Crippen MR) is 136 cm³/mol. The number of piperazine rings is 1. The fourth-order valence-corrected chi connectivity index (χ4v) is 5.17. The van der Waals surface area contributed by atoms with E-state index in [-0.39, 0.29) is 5.91 Å². The number of rotatable bonds is 7. The third-order valence-electron chi connectivity index (χ3n) is 7.20. The second-order valence-corrected chi connectivity index (χ2v) is 10.3. The van der Waals surface area contributed by atoms with Crippen molar-refractivity contribution in [3.05, 3.63) is 52.9 Å². The number of aryl methyl sites for hydroxylation is 1. The van der Waals surface area contributed by atoms with Crippen LogP contribution in [0.15, 0.2) is 24.4 Å². The second-order valence-electron chi connectivity index (χ2n) is 10.3. The van der Waals surface area contributed by atoms with Crippen LogP contribution < -0.4 is 10.2 Å². The molecule has 9 heteroatoms. The number of fused-ring (bicyclic) bond motifs is 3. The van der Waals surface area contributed by atoms with Crippen LogP contribution in [0.25, 0.3) is 11.0 Å². The Morgan fingerprint density at radius 2 is 1.89 bits per heavy atom. The Morgan fingerprint density at radius 3 is 2.64 bits per heavy atom. The van der Waals surface area contributed by atoms with Crippen LogP contribution in [0.1, 0.15) is 48.3 Å². The van der Waals surface area contributed by atoms with Gasteiger partial charge in [-0.05, 0) is 49.3 Å². The number of benzene rings is 1. The smallest absolute Gasteiger partial charge is 0.255 e. The van der Waals surface area contributed by atoms with Crippen LogP contribution in [-0.4, -0.2) is 64.6 Å². The second kappa shape index (κ2) is 10.5. The van der Waals surface area contributed by atoms with Crippen molar-refractivity contribution >= 4 is 22.9 Å². The fraction of sp³-hybridized carbons (Fsp3) is 0.519. The highest BCUT2D eigenvalue weighted by molar-refractivity contribution is 6.07. The molecule has 0 radical (unpaired) electrons. The van der Waals surface area contributed by atoms with Crippen molar-refractivity contribution in [2.24, 2.45) is 5.92 Å². The molecule has 2 aliphatic rings. The van der Waals surface area contributed by atoms with Crippen molar-refractivity contribution < 1.29 is 13.6 Å². The van der Waals surface area contributed by atoms with Crippen LogP contribution in [0.3, 0.4) is 0 Å². The van der Waals surface area contributed by atoms with E-state index in [1.807, 2.05) is 6.20 Å². The monoisotopic (exact) mass is 496 g/mol. The number of aromatic nitrogens is 3. The van der Waals surface area contributed by atoms with Gasteiger partial charge in [0.15, 0.2) is 11.6 Å². The average molecular weight is 497 g/mol. The standard InChI is InChI=1S/C27H34F2N6O/c1-18(2)16-30-26(36)24-22-5-3-4-9-35(22)23-17-31-27(32-25(23)24)34-13-11-33(12-14-34)10-8-19-6-7-20(28)21(29)15-19/h6-7,15,17-18H,3-5,8-14,16H2,1-2H3,(H,30,36). The number of amides is 1. The lowest BCUT2D eigenvalue weighted by molar-refractivity contribution is 0.0949. The van der Waals surface area contributed by atoms with Crippen molar-refractivity contribution in [2.75, 3.05) is 44.2 Å². The van der Waals surface area contributed by atoms with Gasteiger partial charge in [0.05, 0.1) is 17.3 Å². The number of hydrogen-bond donors (Lipinski definition) is 1. The van der Waals surface area contributed by atoms with E-state index in [9.17, 15) is 13.6 Å². The summed E-state index contributed by atoms with van der Waals surface area (Å²) in [5, 5.41) is 3.09. The van der Waals surface area contributed by atoms with Gasteiger partial charge in [0.2, 0.25) is 5.95 Å². The van der Waals surface area contributed by atoms with E-state index in [1.54, 1.807) is 6.07 Å². The molecule has 36 heavy (non-hydrogen) atoms. The number of carbonyl (C=O) groups is 1. The third-order valence-corrected chi connectivity index (χ3v) is 7.20. The third kappa shape index (κ3) is 5.07. The van der Waals surface area contributed by atoms with Crippen molar-refractivity contribution in [1.82, 2.24) is 24.8 Å². The van der Waals surface area contributed by atoms with E-state index < -0.39 is 11.6 Å². The summed E-state index contributed by atoms with van der Waals surface area (Å²) in [6.07, 6.45) is 5.60. The first kappa shape index (κ1) is 24.6. The summed E-state index contributed by atoms with van der Waals surface area (Å²) in [6, 6.07) is 4.11. The van der Waals surface area contributed by atoms with Gasteiger partial charge in [-0.15, -0.1) is 0 Å². The van der Waals surface area contributed by atoms with Crippen LogP contribution in [0.5, 0.6) is 0 Å². The van der Waals surface area contributed by atoms with Gasteiger partial charge in [0, 0.05) is 51.5 Å². The summed E-state index contributed by atoms with van der Waals surface area (Å²) in [5.74, 6) is -0.620. The fourth-order valence-electron chi connectivity index (χ4n) is 5.17. The maximum Gasteiger partial charge on any atom is 0.255 e. The lowest BCUT2D eigenvalue weighted by Gasteiger charge is -2.34. The topological polar surface area (TPSA) is 66.3 Å². The van der Waals surface area contributed by atoms with Gasteiger partial charge in [0.25, 0.3) is 5.91 Å². The molecule has 7 nitrogen and oxygen atoms in total. The molecular formula is C27H34F2N6O. The molecule has 192 valence electrons. The molecule has 2 aromatic heterocycles. The van der Waals surface area contributed by atoms with E-state index in [0.29, 0.717) is 30.4 Å². The van der Waals surface area contributed by atoms with Crippen molar-refractivity contribution in [3.8, 4) is 0 Å². The molecular weight excluding hydrogens is 462 g/mol. The van der Waals surface area contributed by atoms with Crippen LogP contribution in [-0.2, 0) is 19.4 Å². The number of nitrogens with zero attached hydrogens (tertiary/aromatic N) is 5. The molecule has 0 unspecified atom stereocenters. The molecule has 1 saturated heterocycles. The highest BCUT2D eigenvalue weighted by Gasteiger charge is 2.27. The molecule has 3 aromatic rings. The minimum atomic E-state index is -0.811. The molecule has 1 N–H and O–H groups in total. The number of carbonyl (C=O) groups excluding carboxylic acids is 1. The maximum atomic E-state index is 13.5. The Labute approximate surface area is 210 Å². The summed E-state index contributed by atoms with van der Waals surface area (Å²) < 4.78 is 28.9. The van der Waals surface area contributed by atoms with Crippen LogP contribution >= 0.6 is 0 Å². The van der Waals surface area contributed by atoms with Crippen molar-refractivity contribution in [2.45, 2.75) is 46.1 Å². The first-order valence-electron chi connectivity index (χ1n) is 13.0. The lowest BCUT2D eigenvalue weighted by atomic mass is 10.1. The van der Waals surface area contributed by atoms with E-state index in [2.05, 4.69) is 38.5 Å². The normalized spacial score (nSPS) is 16.5. The highest BCUT2D eigenvalue weighted by Crippen LogP contribution is 2.30. The molecule has 1 amide bonds. The van der Waals surface area contributed by atoms with Crippen LogP contribution in [0.2, 0.25) is 0 Å². The SMILES string of the molecule is CC(C)CNC(=O)c1c2n(c3cnc(N4CCN(CCc5ccc(F)c(F)c5)CC4)nc13)CCCC2. The molecule has 0 spiro atoms. The highest BCUT2D eigenvalue weighted by atomic mass is 19.2. The Morgan fingerprint density at radius 1 is 1.08 bits per heavy atom. The van der Waals surface area contributed by atoms with Gasteiger partial charge >= 0.3 is 0 Å². The van der Waals surface area contributed by atoms with Crippen LogP contribution in [0, 0.1) is 17.6 Å². The molecule has 0 aliphatic carbocycles. The lowest BCUT2D eigenvalue weighted by Crippen LogP contribution is -2.47. The Balaban J connectivity index is 1.30. The quantitative estimate of drug-likeness (QED) is 0.539. The maximum absolute atomic E-state index is 13.5. The van der Waals surface area contributed by atoms with E-state index in [0.717, 1.165) is 80.8 Å². The van der Waals surface area contributed by atoms with Crippen molar-refractivity contribution in [1.29, 1.82) is 0 Å². The molecule has 2 aliphatic heterocycles. The van der Waals surface area contributed by atoms with E-state index >= 15 is 0 Å². The van der Waals surface area contributed by atoms with E-state index in [1.165, 1.54) is 12.1 Å². The van der Waals surface area contributed by atoms with Gasteiger partial charge in [-0.25, -0.2) is 18.7 Å². The Bertz CT molecular complexity index is 1250. The van der Waals surface area contributed by atoms with Gasteiger partial charge < -0.3 is 14.8 Å². The van der Waals surface area contributed by atoms with Crippen LogP contribution in [0.4, 0.5) is 14.7 Å².